The van der Waals surface area contributed by atoms with Gasteiger partial charge in [0.25, 0.3) is 5.69 Å². The van der Waals surface area contributed by atoms with Gasteiger partial charge in [0, 0.05) is 12.1 Å². The van der Waals surface area contributed by atoms with Crippen molar-refractivity contribution in [3.8, 4) is 0 Å². The Labute approximate surface area is 121 Å². The SMILES string of the molecule is CC(C)(C)OC(C)(C)c1cc([N+](=O)[O-])cc(C(F)(F)F)c1. The molecule has 1 aromatic rings. The first-order valence-electron chi connectivity index (χ1n) is 6.30. The fourth-order valence-corrected chi connectivity index (χ4v) is 2.05. The van der Waals surface area contributed by atoms with Gasteiger partial charge in [-0.15, -0.1) is 0 Å². The van der Waals surface area contributed by atoms with E-state index in [1.54, 1.807) is 34.6 Å². The first kappa shape index (κ1) is 17.4. The maximum absolute atomic E-state index is 12.9. The van der Waals surface area contributed by atoms with Crippen molar-refractivity contribution in [2.45, 2.75) is 52.0 Å². The molecule has 0 atom stereocenters. The molecule has 0 radical (unpaired) electrons. The summed E-state index contributed by atoms with van der Waals surface area (Å²) in [7, 11) is 0. The van der Waals surface area contributed by atoms with E-state index in [0.29, 0.717) is 6.07 Å². The van der Waals surface area contributed by atoms with Gasteiger partial charge < -0.3 is 4.74 Å². The largest absolute Gasteiger partial charge is 0.416 e. The molecule has 4 nitrogen and oxygen atoms in total. The molecule has 0 N–H and O–H groups in total. The number of non-ortho nitro benzene ring substituents is 1. The average Bonchev–Trinajstić information content (AvgIpc) is 2.23. The summed E-state index contributed by atoms with van der Waals surface area (Å²) in [5, 5.41) is 10.8. The first-order chi connectivity index (χ1) is 9.22. The van der Waals surface area contributed by atoms with Gasteiger partial charge in [0.2, 0.25) is 0 Å². The zero-order valence-electron chi connectivity index (χ0n) is 12.5. The third-order valence-corrected chi connectivity index (χ3v) is 2.71. The third-order valence-electron chi connectivity index (χ3n) is 2.71. The second-order valence-electron chi connectivity index (χ2n) is 6.25. The Morgan fingerprint density at radius 1 is 1.00 bits per heavy atom. The maximum Gasteiger partial charge on any atom is 0.416 e. The quantitative estimate of drug-likeness (QED) is 0.602. The minimum Gasteiger partial charge on any atom is -0.365 e. The zero-order chi connectivity index (χ0) is 16.6. The molecule has 0 spiro atoms. The minimum atomic E-state index is -4.65. The van der Waals surface area contributed by atoms with Gasteiger partial charge in [-0.2, -0.15) is 13.2 Å². The molecule has 7 heteroatoms. The fraction of sp³-hybridized carbons (Fsp3) is 0.571. The van der Waals surface area contributed by atoms with Crippen LogP contribution < -0.4 is 0 Å². The molecule has 21 heavy (non-hydrogen) atoms. The van der Waals surface area contributed by atoms with Crippen LogP contribution in [0.2, 0.25) is 0 Å². The van der Waals surface area contributed by atoms with Gasteiger partial charge in [-0.1, -0.05) is 0 Å². The highest BCUT2D eigenvalue weighted by Crippen LogP contribution is 2.37. The highest BCUT2D eigenvalue weighted by atomic mass is 19.4. The lowest BCUT2D eigenvalue weighted by atomic mass is 9.94. The van der Waals surface area contributed by atoms with E-state index in [9.17, 15) is 23.3 Å². The zero-order valence-corrected chi connectivity index (χ0v) is 12.5. The third kappa shape index (κ3) is 4.70. The first-order valence-corrected chi connectivity index (χ1v) is 6.30. The molecular weight excluding hydrogens is 287 g/mol. The van der Waals surface area contributed by atoms with E-state index >= 15 is 0 Å². The highest BCUT2D eigenvalue weighted by molar-refractivity contribution is 5.42. The van der Waals surface area contributed by atoms with E-state index in [1.165, 1.54) is 0 Å². The number of hydrogen-bond acceptors (Lipinski definition) is 3. The summed E-state index contributed by atoms with van der Waals surface area (Å²) in [6.45, 7) is 8.44. The Morgan fingerprint density at radius 3 is 1.86 bits per heavy atom. The summed E-state index contributed by atoms with van der Waals surface area (Å²) >= 11 is 0. The van der Waals surface area contributed by atoms with Crippen LogP contribution in [0.1, 0.15) is 45.7 Å². The number of halogens is 3. The predicted octanol–water partition coefficient (Wildman–Crippen LogP) is 4.66. The fourth-order valence-electron chi connectivity index (χ4n) is 2.05. The normalized spacial score (nSPS) is 13.3. The molecule has 0 amide bonds. The molecule has 0 saturated heterocycles. The summed E-state index contributed by atoms with van der Waals surface area (Å²) in [4.78, 5) is 10.0. The predicted molar refractivity (Wildman–Crippen MR) is 72.0 cm³/mol. The number of hydrogen-bond donors (Lipinski definition) is 0. The molecule has 0 aliphatic carbocycles. The number of nitrogens with zero attached hydrogens (tertiary/aromatic N) is 1. The summed E-state index contributed by atoms with van der Waals surface area (Å²) < 4.78 is 44.3. The lowest BCUT2D eigenvalue weighted by molar-refractivity contribution is -0.385. The summed E-state index contributed by atoms with van der Waals surface area (Å²) in [5.74, 6) is 0. The molecule has 0 bridgehead atoms. The second-order valence-corrected chi connectivity index (χ2v) is 6.25. The molecule has 0 aromatic heterocycles. The molecule has 0 aliphatic rings. The monoisotopic (exact) mass is 305 g/mol. The molecular formula is C14H18F3NO3. The summed E-state index contributed by atoms with van der Waals surface area (Å²) in [6.07, 6.45) is -4.65. The van der Waals surface area contributed by atoms with E-state index < -0.39 is 33.6 Å². The van der Waals surface area contributed by atoms with Crippen LogP contribution in [0.4, 0.5) is 18.9 Å². The molecule has 0 fully saturated rings. The van der Waals surface area contributed by atoms with Gasteiger partial charge in [0.05, 0.1) is 21.7 Å². The number of benzene rings is 1. The molecule has 118 valence electrons. The molecule has 0 unspecified atom stereocenters. The highest BCUT2D eigenvalue weighted by Gasteiger charge is 2.36. The Hall–Kier alpha value is -1.63. The number of rotatable bonds is 3. The lowest BCUT2D eigenvalue weighted by Crippen LogP contribution is -2.33. The Kier molecular flexibility index (Phi) is 4.39. The van der Waals surface area contributed by atoms with Crippen molar-refractivity contribution in [1.82, 2.24) is 0 Å². The second kappa shape index (κ2) is 5.29. The topological polar surface area (TPSA) is 52.4 Å². The van der Waals surface area contributed by atoms with Gasteiger partial charge in [-0.05, 0) is 46.2 Å². The van der Waals surface area contributed by atoms with Crippen LogP contribution in [-0.4, -0.2) is 10.5 Å². The van der Waals surface area contributed by atoms with Crippen LogP contribution in [0, 0.1) is 10.1 Å². The van der Waals surface area contributed by atoms with Crippen molar-refractivity contribution in [3.63, 3.8) is 0 Å². The van der Waals surface area contributed by atoms with Crippen molar-refractivity contribution in [1.29, 1.82) is 0 Å². The molecule has 1 rings (SSSR count). The molecule has 1 aromatic carbocycles. The molecule has 0 aliphatic heterocycles. The van der Waals surface area contributed by atoms with E-state index in [0.717, 1.165) is 12.1 Å². The van der Waals surface area contributed by atoms with Crippen molar-refractivity contribution < 1.29 is 22.8 Å². The van der Waals surface area contributed by atoms with Crippen LogP contribution in [-0.2, 0) is 16.5 Å². The Morgan fingerprint density at radius 2 is 1.48 bits per heavy atom. The smallest absolute Gasteiger partial charge is 0.365 e. The van der Waals surface area contributed by atoms with Crippen LogP contribution in [0.3, 0.4) is 0 Å². The minimum absolute atomic E-state index is 0.110. The summed E-state index contributed by atoms with van der Waals surface area (Å²) in [6, 6.07) is 2.52. The van der Waals surface area contributed by atoms with Crippen molar-refractivity contribution in [2.75, 3.05) is 0 Å². The van der Waals surface area contributed by atoms with E-state index in [4.69, 9.17) is 4.74 Å². The average molecular weight is 305 g/mol. The van der Waals surface area contributed by atoms with Crippen molar-refractivity contribution in [2.24, 2.45) is 0 Å². The van der Waals surface area contributed by atoms with Crippen LogP contribution in [0.25, 0.3) is 0 Å². The number of ether oxygens (including phenoxy) is 1. The van der Waals surface area contributed by atoms with Crippen molar-refractivity contribution in [3.05, 3.63) is 39.4 Å². The number of alkyl halides is 3. The standard InChI is InChI=1S/C14H18F3NO3/c1-12(2,3)21-13(4,5)9-6-10(14(15,16)17)8-11(7-9)18(19)20/h6-8H,1-5H3. The van der Waals surface area contributed by atoms with Gasteiger partial charge >= 0.3 is 6.18 Å². The van der Waals surface area contributed by atoms with Crippen LogP contribution >= 0.6 is 0 Å². The van der Waals surface area contributed by atoms with Gasteiger partial charge in [-0.25, -0.2) is 0 Å². The maximum atomic E-state index is 12.9. The van der Waals surface area contributed by atoms with E-state index in [2.05, 4.69) is 0 Å². The van der Waals surface area contributed by atoms with E-state index in [1.807, 2.05) is 0 Å². The lowest BCUT2D eigenvalue weighted by Gasteiger charge is -2.34. The van der Waals surface area contributed by atoms with Crippen LogP contribution in [0.15, 0.2) is 18.2 Å². The van der Waals surface area contributed by atoms with Crippen LogP contribution in [0.5, 0.6) is 0 Å². The van der Waals surface area contributed by atoms with Gasteiger partial charge in [0.15, 0.2) is 0 Å². The van der Waals surface area contributed by atoms with Crippen molar-refractivity contribution >= 4 is 5.69 Å². The van der Waals surface area contributed by atoms with E-state index in [-0.39, 0.29) is 5.56 Å². The number of nitro benzene ring substituents is 1. The molecule has 0 saturated carbocycles. The van der Waals surface area contributed by atoms with Gasteiger partial charge in [-0.3, -0.25) is 10.1 Å². The summed E-state index contributed by atoms with van der Waals surface area (Å²) in [5.41, 5.74) is -3.25. The Balaban J connectivity index is 3.42. The number of nitro groups is 1. The Bertz CT molecular complexity index is 545. The molecule has 0 heterocycles. The van der Waals surface area contributed by atoms with Gasteiger partial charge in [0.1, 0.15) is 0 Å².